The van der Waals surface area contributed by atoms with Crippen LogP contribution in [0.1, 0.15) is 10.8 Å². The molecule has 0 aliphatic rings. The molecule has 4 nitrogen and oxygen atoms in total. The third-order valence-electron chi connectivity index (χ3n) is 1.60. The van der Waals surface area contributed by atoms with E-state index in [4.69, 9.17) is 11.6 Å². The van der Waals surface area contributed by atoms with Gasteiger partial charge in [-0.2, -0.15) is 0 Å². The topological polar surface area (TPSA) is 43.6 Å². The first kappa shape index (κ1) is 8.65. The summed E-state index contributed by atoms with van der Waals surface area (Å²) in [6.45, 7) is 0.701. The Morgan fingerprint density at radius 3 is 3.15 bits per heavy atom. The molecule has 0 aliphatic carbocycles. The maximum Gasteiger partial charge on any atom is 0.148 e. The van der Waals surface area contributed by atoms with E-state index >= 15 is 0 Å². The molecule has 2 rings (SSSR count). The standard InChI is InChI=1S/C7H7ClN4S/c8-3-6-11-10-5-12(6)4-7-9-1-2-13-7/h1-2,5H,3-4H2. The Balaban J connectivity index is 2.18. The Morgan fingerprint density at radius 2 is 2.46 bits per heavy atom. The summed E-state index contributed by atoms with van der Waals surface area (Å²) in [4.78, 5) is 4.17. The molecule has 2 aromatic rings. The smallest absolute Gasteiger partial charge is 0.148 e. The number of alkyl halides is 1. The number of halogens is 1. The predicted octanol–water partition coefficient (Wildman–Crippen LogP) is 1.52. The zero-order valence-electron chi connectivity index (χ0n) is 6.72. The van der Waals surface area contributed by atoms with Crippen LogP contribution in [-0.2, 0) is 12.4 Å². The van der Waals surface area contributed by atoms with E-state index in [0.717, 1.165) is 10.8 Å². The summed E-state index contributed by atoms with van der Waals surface area (Å²) < 4.78 is 1.89. The zero-order chi connectivity index (χ0) is 9.10. The monoisotopic (exact) mass is 214 g/mol. The van der Waals surface area contributed by atoms with Crippen molar-refractivity contribution in [2.75, 3.05) is 0 Å². The molecule has 0 radical (unpaired) electrons. The van der Waals surface area contributed by atoms with E-state index in [1.165, 1.54) is 0 Å². The van der Waals surface area contributed by atoms with Crippen LogP contribution >= 0.6 is 22.9 Å². The fraction of sp³-hybridized carbons (Fsp3) is 0.286. The van der Waals surface area contributed by atoms with E-state index in [1.807, 2.05) is 9.95 Å². The van der Waals surface area contributed by atoms with Crippen molar-refractivity contribution in [3.05, 3.63) is 28.7 Å². The van der Waals surface area contributed by atoms with E-state index in [-0.39, 0.29) is 0 Å². The second-order valence-corrected chi connectivity index (χ2v) is 3.68. The van der Waals surface area contributed by atoms with Crippen LogP contribution in [0, 0.1) is 0 Å². The van der Waals surface area contributed by atoms with Crippen LogP contribution < -0.4 is 0 Å². The molecule has 2 aromatic heterocycles. The molecule has 0 amide bonds. The quantitative estimate of drug-likeness (QED) is 0.728. The largest absolute Gasteiger partial charge is 0.310 e. The van der Waals surface area contributed by atoms with Crippen LogP contribution in [0.15, 0.2) is 17.9 Å². The van der Waals surface area contributed by atoms with E-state index in [9.17, 15) is 0 Å². The second-order valence-electron chi connectivity index (χ2n) is 2.43. The summed E-state index contributed by atoms with van der Waals surface area (Å²) in [5.41, 5.74) is 0. The van der Waals surface area contributed by atoms with Gasteiger partial charge in [-0.3, -0.25) is 0 Å². The van der Waals surface area contributed by atoms with Crippen molar-refractivity contribution in [1.29, 1.82) is 0 Å². The molecule has 0 spiro atoms. The minimum absolute atomic E-state index is 0.380. The highest BCUT2D eigenvalue weighted by molar-refractivity contribution is 7.09. The lowest BCUT2D eigenvalue weighted by Gasteiger charge is -1.99. The number of hydrogen-bond donors (Lipinski definition) is 0. The molecule has 13 heavy (non-hydrogen) atoms. The average molecular weight is 215 g/mol. The Hall–Kier alpha value is -0.940. The van der Waals surface area contributed by atoms with Gasteiger partial charge in [-0.15, -0.1) is 33.1 Å². The lowest BCUT2D eigenvalue weighted by atomic mass is 10.6. The maximum absolute atomic E-state index is 5.67. The lowest BCUT2D eigenvalue weighted by Crippen LogP contribution is -2.01. The number of thiazole rings is 1. The van der Waals surface area contributed by atoms with E-state index in [1.54, 1.807) is 23.9 Å². The average Bonchev–Trinajstić information content (AvgIpc) is 2.76. The summed E-state index contributed by atoms with van der Waals surface area (Å²) >= 11 is 7.28. The fourth-order valence-corrected chi connectivity index (χ4v) is 1.81. The van der Waals surface area contributed by atoms with Gasteiger partial charge in [0.25, 0.3) is 0 Å². The number of hydrogen-bond acceptors (Lipinski definition) is 4. The second kappa shape index (κ2) is 3.85. The van der Waals surface area contributed by atoms with Crippen molar-refractivity contribution in [2.24, 2.45) is 0 Å². The van der Waals surface area contributed by atoms with Crippen molar-refractivity contribution < 1.29 is 0 Å². The Bertz CT molecular complexity index is 370. The van der Waals surface area contributed by atoms with E-state index < -0.39 is 0 Å². The molecule has 0 saturated heterocycles. The molecule has 0 aliphatic heterocycles. The lowest BCUT2D eigenvalue weighted by molar-refractivity contribution is 0.749. The van der Waals surface area contributed by atoms with Crippen molar-refractivity contribution in [1.82, 2.24) is 19.7 Å². The zero-order valence-corrected chi connectivity index (χ0v) is 8.29. The Kier molecular flexibility index (Phi) is 2.56. The van der Waals surface area contributed by atoms with Gasteiger partial charge in [0.15, 0.2) is 0 Å². The number of aromatic nitrogens is 4. The van der Waals surface area contributed by atoms with Gasteiger partial charge in [0.2, 0.25) is 0 Å². The SMILES string of the molecule is ClCc1nncn1Cc1nccs1. The molecule has 0 aromatic carbocycles. The molecular formula is C7H7ClN4S. The summed E-state index contributed by atoms with van der Waals surface area (Å²) in [5.74, 6) is 1.16. The molecular weight excluding hydrogens is 208 g/mol. The van der Waals surface area contributed by atoms with Gasteiger partial charge in [0, 0.05) is 11.6 Å². The van der Waals surface area contributed by atoms with Crippen molar-refractivity contribution in [3.8, 4) is 0 Å². The molecule has 0 unspecified atom stereocenters. The third kappa shape index (κ3) is 1.87. The minimum atomic E-state index is 0.380. The molecule has 6 heteroatoms. The van der Waals surface area contributed by atoms with Crippen LogP contribution in [-0.4, -0.2) is 19.7 Å². The van der Waals surface area contributed by atoms with E-state index in [2.05, 4.69) is 15.2 Å². The molecule has 0 atom stereocenters. The first-order chi connectivity index (χ1) is 6.40. The maximum atomic E-state index is 5.67. The highest BCUT2D eigenvalue weighted by Crippen LogP contribution is 2.08. The van der Waals surface area contributed by atoms with Gasteiger partial charge in [0.05, 0.1) is 12.4 Å². The Morgan fingerprint density at radius 1 is 1.54 bits per heavy atom. The van der Waals surface area contributed by atoms with Gasteiger partial charge in [0.1, 0.15) is 17.2 Å². The normalized spacial score (nSPS) is 10.5. The first-order valence-corrected chi connectivity index (χ1v) is 5.12. The number of rotatable bonds is 3. The van der Waals surface area contributed by atoms with Crippen LogP contribution in [0.4, 0.5) is 0 Å². The van der Waals surface area contributed by atoms with Crippen LogP contribution in [0.5, 0.6) is 0 Å². The summed E-state index contributed by atoms with van der Waals surface area (Å²) in [7, 11) is 0. The molecule has 0 bridgehead atoms. The number of nitrogens with zero attached hydrogens (tertiary/aromatic N) is 4. The summed E-state index contributed by atoms with van der Waals surface area (Å²) in [6, 6.07) is 0. The predicted molar refractivity (Wildman–Crippen MR) is 50.8 cm³/mol. The van der Waals surface area contributed by atoms with E-state index in [0.29, 0.717) is 12.4 Å². The van der Waals surface area contributed by atoms with Gasteiger partial charge in [-0.25, -0.2) is 4.98 Å². The van der Waals surface area contributed by atoms with Gasteiger partial charge in [-0.05, 0) is 0 Å². The minimum Gasteiger partial charge on any atom is -0.310 e. The molecule has 0 N–H and O–H groups in total. The highest BCUT2D eigenvalue weighted by Gasteiger charge is 2.03. The summed E-state index contributed by atoms with van der Waals surface area (Å²) in [6.07, 6.45) is 3.45. The first-order valence-electron chi connectivity index (χ1n) is 3.71. The molecule has 0 fully saturated rings. The van der Waals surface area contributed by atoms with Crippen molar-refractivity contribution in [3.63, 3.8) is 0 Å². The van der Waals surface area contributed by atoms with Crippen molar-refractivity contribution in [2.45, 2.75) is 12.4 Å². The van der Waals surface area contributed by atoms with Gasteiger partial charge >= 0.3 is 0 Å². The molecule has 0 saturated carbocycles. The van der Waals surface area contributed by atoms with Crippen molar-refractivity contribution >= 4 is 22.9 Å². The van der Waals surface area contributed by atoms with Gasteiger partial charge < -0.3 is 4.57 Å². The van der Waals surface area contributed by atoms with Crippen LogP contribution in [0.3, 0.4) is 0 Å². The van der Waals surface area contributed by atoms with Crippen LogP contribution in [0.2, 0.25) is 0 Å². The molecule has 68 valence electrons. The van der Waals surface area contributed by atoms with Crippen LogP contribution in [0.25, 0.3) is 0 Å². The van der Waals surface area contributed by atoms with Gasteiger partial charge in [-0.1, -0.05) is 0 Å². The highest BCUT2D eigenvalue weighted by atomic mass is 35.5. The third-order valence-corrected chi connectivity index (χ3v) is 2.61. The fourth-order valence-electron chi connectivity index (χ4n) is 0.991. The summed E-state index contributed by atoms with van der Waals surface area (Å²) in [5, 5.41) is 10.6. The Labute approximate surface area is 84.2 Å². The molecule has 2 heterocycles.